The van der Waals surface area contributed by atoms with Crippen LogP contribution >= 0.6 is 0 Å². The summed E-state index contributed by atoms with van der Waals surface area (Å²) in [5.41, 5.74) is 2.29. The van der Waals surface area contributed by atoms with Crippen molar-refractivity contribution in [2.75, 3.05) is 0 Å². The van der Waals surface area contributed by atoms with Crippen molar-refractivity contribution in [1.29, 1.82) is 5.26 Å². The Hall–Kier alpha value is -3.54. The molecule has 134 valence electrons. The van der Waals surface area contributed by atoms with E-state index in [9.17, 15) is 0 Å². The third-order valence-electron chi connectivity index (χ3n) is 4.88. The largest absolute Gasteiger partial charge is 0.284 e. The van der Waals surface area contributed by atoms with Gasteiger partial charge in [0, 0.05) is 24.7 Å². The second kappa shape index (κ2) is 6.02. The Labute approximate surface area is 154 Å². The number of hydrogen-bond acceptors (Lipinski definition) is 6. The Kier molecular flexibility index (Phi) is 3.50. The number of fused-ring (bicyclic) bond motifs is 1. The number of nitrogens with zero attached hydrogens (tertiary/aromatic N) is 8. The normalized spacial score (nSPS) is 15.1. The molecule has 1 N–H and O–H groups in total. The minimum absolute atomic E-state index is 0.126. The lowest BCUT2D eigenvalue weighted by atomic mass is 10.1. The predicted molar refractivity (Wildman–Crippen MR) is 96.3 cm³/mol. The van der Waals surface area contributed by atoms with Gasteiger partial charge in [-0.15, -0.1) is 0 Å². The first-order valence-electron chi connectivity index (χ1n) is 8.88. The molecule has 0 radical (unpaired) electrons. The first-order chi connectivity index (χ1) is 13.2. The maximum Gasteiger partial charge on any atom is 0.199 e. The highest BCUT2D eigenvalue weighted by Gasteiger charge is 2.33. The van der Waals surface area contributed by atoms with Gasteiger partial charge in [0.25, 0.3) is 0 Å². The average Bonchev–Trinajstić information content (AvgIpc) is 3.07. The molecule has 0 spiro atoms. The van der Waals surface area contributed by atoms with Crippen LogP contribution in [-0.2, 0) is 0 Å². The Balaban J connectivity index is 1.60. The van der Waals surface area contributed by atoms with Gasteiger partial charge in [-0.25, -0.2) is 15.0 Å². The second-order valence-corrected chi connectivity index (χ2v) is 6.84. The summed E-state index contributed by atoms with van der Waals surface area (Å²) in [5, 5.41) is 20.7. The molecule has 4 aromatic heterocycles. The molecule has 1 atom stereocenters. The number of rotatable bonds is 5. The number of nitriles is 1. The van der Waals surface area contributed by atoms with Gasteiger partial charge in [-0.05, 0) is 25.7 Å². The van der Waals surface area contributed by atoms with Crippen LogP contribution in [0.1, 0.15) is 31.1 Å². The van der Waals surface area contributed by atoms with Crippen molar-refractivity contribution in [1.82, 2.24) is 39.3 Å². The zero-order valence-corrected chi connectivity index (χ0v) is 14.7. The molecule has 27 heavy (non-hydrogen) atoms. The minimum atomic E-state index is 0.126. The summed E-state index contributed by atoms with van der Waals surface area (Å²) in [4.78, 5) is 13.5. The predicted octanol–water partition coefficient (Wildman–Crippen LogP) is 2.55. The van der Waals surface area contributed by atoms with Crippen LogP contribution in [0.3, 0.4) is 0 Å². The molecule has 9 nitrogen and oxygen atoms in total. The summed E-state index contributed by atoms with van der Waals surface area (Å²) in [6.07, 6.45) is 10.2. The molecule has 1 aliphatic rings. The molecule has 0 bridgehead atoms. The number of imidazole rings is 1. The summed E-state index contributed by atoms with van der Waals surface area (Å²) in [5.74, 6) is 2.53. The van der Waals surface area contributed by atoms with Crippen LogP contribution in [0.2, 0.25) is 0 Å². The van der Waals surface area contributed by atoms with E-state index in [-0.39, 0.29) is 6.04 Å². The zero-order valence-electron chi connectivity index (χ0n) is 14.7. The average molecular weight is 359 g/mol. The molecule has 4 heterocycles. The zero-order chi connectivity index (χ0) is 18.4. The molecule has 1 saturated carbocycles. The lowest BCUT2D eigenvalue weighted by Gasteiger charge is -2.12. The van der Waals surface area contributed by atoms with Crippen molar-refractivity contribution in [3.05, 3.63) is 36.7 Å². The molecule has 1 aliphatic carbocycles. The fourth-order valence-corrected chi connectivity index (χ4v) is 3.38. The number of aromatic amines is 1. The van der Waals surface area contributed by atoms with Gasteiger partial charge in [0.05, 0.1) is 30.3 Å². The van der Waals surface area contributed by atoms with E-state index in [4.69, 9.17) is 10.2 Å². The number of aryl methyl sites for hydroxylation is 1. The second-order valence-electron chi connectivity index (χ2n) is 6.84. The number of nitrogens with one attached hydrogen (secondary N) is 1. The molecular formula is C18H17N9. The lowest BCUT2D eigenvalue weighted by molar-refractivity contribution is 0.412. The van der Waals surface area contributed by atoms with Crippen LogP contribution in [-0.4, -0.2) is 39.3 Å². The van der Waals surface area contributed by atoms with Crippen molar-refractivity contribution in [2.45, 2.75) is 32.2 Å². The van der Waals surface area contributed by atoms with Gasteiger partial charge in [0.2, 0.25) is 0 Å². The van der Waals surface area contributed by atoms with Crippen LogP contribution in [0.25, 0.3) is 28.6 Å². The molecule has 0 amide bonds. The molecular weight excluding hydrogens is 342 g/mol. The topological polar surface area (TPSA) is 113 Å². The summed E-state index contributed by atoms with van der Waals surface area (Å²) in [6.45, 7) is 1.85. The third-order valence-corrected chi connectivity index (χ3v) is 4.88. The minimum Gasteiger partial charge on any atom is -0.284 e. The van der Waals surface area contributed by atoms with Gasteiger partial charge < -0.3 is 0 Å². The Bertz CT molecular complexity index is 1160. The third kappa shape index (κ3) is 2.75. The van der Waals surface area contributed by atoms with E-state index in [2.05, 4.69) is 31.3 Å². The van der Waals surface area contributed by atoms with Crippen molar-refractivity contribution in [2.24, 2.45) is 5.92 Å². The van der Waals surface area contributed by atoms with E-state index >= 15 is 0 Å². The molecule has 1 fully saturated rings. The van der Waals surface area contributed by atoms with E-state index in [0.29, 0.717) is 23.9 Å². The fraction of sp³-hybridized carbons (Fsp3) is 0.333. The highest BCUT2D eigenvalue weighted by atomic mass is 15.3. The maximum atomic E-state index is 9.14. The highest BCUT2D eigenvalue weighted by molar-refractivity contribution is 5.65. The number of aromatic nitrogens is 8. The van der Waals surface area contributed by atoms with Gasteiger partial charge in [0.1, 0.15) is 23.0 Å². The van der Waals surface area contributed by atoms with E-state index in [1.54, 1.807) is 12.4 Å². The summed E-state index contributed by atoms with van der Waals surface area (Å²) < 4.78 is 3.82. The SMILES string of the molecule is Cc1nc(-c2cc3nccn3c(-c3cnn(C(CC#N)C4CC4)c3)n2)n[nH]1. The summed E-state index contributed by atoms with van der Waals surface area (Å²) in [6, 6.07) is 4.27. The smallest absolute Gasteiger partial charge is 0.199 e. The summed E-state index contributed by atoms with van der Waals surface area (Å²) >= 11 is 0. The van der Waals surface area contributed by atoms with E-state index < -0.39 is 0 Å². The molecule has 0 saturated heterocycles. The van der Waals surface area contributed by atoms with E-state index in [0.717, 1.165) is 35.7 Å². The molecule has 1 unspecified atom stereocenters. The molecule has 4 aromatic rings. The molecule has 9 heteroatoms. The number of hydrogen-bond donors (Lipinski definition) is 1. The molecule has 0 aromatic carbocycles. The van der Waals surface area contributed by atoms with Crippen molar-refractivity contribution < 1.29 is 0 Å². The highest BCUT2D eigenvalue weighted by Crippen LogP contribution is 2.41. The lowest BCUT2D eigenvalue weighted by Crippen LogP contribution is -2.11. The van der Waals surface area contributed by atoms with Crippen molar-refractivity contribution in [3.63, 3.8) is 0 Å². The Morgan fingerprint density at radius 2 is 2.26 bits per heavy atom. The van der Waals surface area contributed by atoms with E-state index in [1.807, 2.05) is 34.5 Å². The molecule has 5 rings (SSSR count). The van der Waals surface area contributed by atoms with Crippen molar-refractivity contribution >= 4 is 5.65 Å². The number of H-pyrrole nitrogens is 1. The van der Waals surface area contributed by atoms with Gasteiger partial charge in [-0.2, -0.15) is 15.5 Å². The van der Waals surface area contributed by atoms with Gasteiger partial charge in [0.15, 0.2) is 5.82 Å². The Morgan fingerprint density at radius 3 is 3.00 bits per heavy atom. The quantitative estimate of drug-likeness (QED) is 0.586. The first-order valence-corrected chi connectivity index (χ1v) is 8.88. The van der Waals surface area contributed by atoms with E-state index in [1.165, 1.54) is 0 Å². The fourth-order valence-electron chi connectivity index (χ4n) is 3.38. The maximum absolute atomic E-state index is 9.14. The van der Waals surface area contributed by atoms with Crippen LogP contribution in [0.5, 0.6) is 0 Å². The summed E-state index contributed by atoms with van der Waals surface area (Å²) in [7, 11) is 0. The Morgan fingerprint density at radius 1 is 1.37 bits per heavy atom. The van der Waals surface area contributed by atoms with Crippen LogP contribution in [0.4, 0.5) is 0 Å². The van der Waals surface area contributed by atoms with Gasteiger partial charge in [-0.1, -0.05) is 0 Å². The van der Waals surface area contributed by atoms with Crippen LogP contribution in [0.15, 0.2) is 30.9 Å². The molecule has 0 aliphatic heterocycles. The first kappa shape index (κ1) is 15.7. The van der Waals surface area contributed by atoms with Crippen LogP contribution in [0, 0.1) is 24.2 Å². The van der Waals surface area contributed by atoms with Gasteiger partial charge in [-0.3, -0.25) is 14.2 Å². The van der Waals surface area contributed by atoms with Crippen molar-refractivity contribution in [3.8, 4) is 29.0 Å². The standard InChI is InChI=1S/C18H17N9/c1-11-22-17(25-24-11)14-8-16-20-6-7-26(16)18(23-14)13-9-21-27(10-13)15(4-5-19)12-2-3-12/h6-10,12,15H,2-4H2,1H3,(H,22,24,25). The van der Waals surface area contributed by atoms with Gasteiger partial charge >= 0.3 is 0 Å². The monoisotopic (exact) mass is 359 g/mol. The van der Waals surface area contributed by atoms with Crippen LogP contribution < -0.4 is 0 Å².